The molecule has 1 atom stereocenters. The van der Waals surface area contributed by atoms with E-state index in [0.29, 0.717) is 31.9 Å². The van der Waals surface area contributed by atoms with Crippen molar-refractivity contribution in [1.82, 2.24) is 20.6 Å². The highest BCUT2D eigenvalue weighted by Gasteiger charge is 2.20. The normalized spacial score (nSPS) is 11.8. The summed E-state index contributed by atoms with van der Waals surface area (Å²) >= 11 is 0. The Hall–Kier alpha value is -2.05. The van der Waals surface area contributed by atoms with E-state index in [-0.39, 0.29) is 11.8 Å². The van der Waals surface area contributed by atoms with E-state index in [1.165, 1.54) is 103 Å². The van der Waals surface area contributed by atoms with Crippen molar-refractivity contribution in [2.75, 3.05) is 18.4 Å². The Kier molecular flexibility index (Phi) is 23.5. The van der Waals surface area contributed by atoms with Crippen LogP contribution in [0.2, 0.25) is 0 Å². The van der Waals surface area contributed by atoms with Gasteiger partial charge < -0.3 is 20.9 Å². The summed E-state index contributed by atoms with van der Waals surface area (Å²) < 4.78 is 0. The fraction of sp³-hybridized carbons (Fsp3) is 0.844. The first-order chi connectivity index (χ1) is 19.2. The summed E-state index contributed by atoms with van der Waals surface area (Å²) in [6.45, 7) is 5.71. The topological polar surface area (TPSA) is 98.9 Å². The van der Waals surface area contributed by atoms with E-state index in [9.17, 15) is 9.59 Å². The van der Waals surface area contributed by atoms with Crippen molar-refractivity contribution >= 4 is 17.8 Å². The van der Waals surface area contributed by atoms with Crippen molar-refractivity contribution in [3.05, 3.63) is 12.4 Å². The number of carbonyl (C=O) groups is 2. The fourth-order valence-electron chi connectivity index (χ4n) is 4.95. The maximum Gasteiger partial charge on any atom is 0.242 e. The Morgan fingerprint density at radius 2 is 1.23 bits per heavy atom. The zero-order valence-electron chi connectivity index (χ0n) is 25.5. The Morgan fingerprint density at radius 3 is 1.74 bits per heavy atom. The van der Waals surface area contributed by atoms with E-state index in [0.717, 1.165) is 25.7 Å². The van der Waals surface area contributed by atoms with Crippen LogP contribution in [-0.4, -0.2) is 40.9 Å². The summed E-state index contributed by atoms with van der Waals surface area (Å²) in [5.41, 5.74) is 0. The molecule has 0 aromatic carbocycles. The molecule has 2 amide bonds. The minimum Gasteiger partial charge on any atom is -0.356 e. The number of aromatic nitrogens is 2. The number of H-pyrrole nitrogens is 1. The third kappa shape index (κ3) is 21.5. The van der Waals surface area contributed by atoms with Gasteiger partial charge in [0.15, 0.2) is 5.95 Å². The van der Waals surface area contributed by atoms with Gasteiger partial charge in [0.2, 0.25) is 11.8 Å². The standard InChI is InChI=1S/C32H61N5O2/c1-3-5-7-9-11-12-13-14-15-16-17-18-20-22-25-33-31(39)29(24-26-34-32-35-27-28-36-32)37-30(38)23-21-19-10-8-6-4-2/h27-29H,3-26H2,1-2H3,(H,33,39)(H,37,38)(H2,34,35,36)/t29-/m0/s1. The zero-order valence-corrected chi connectivity index (χ0v) is 25.5. The van der Waals surface area contributed by atoms with Crippen LogP contribution in [-0.2, 0) is 9.59 Å². The lowest BCUT2D eigenvalue weighted by atomic mass is 10.0. The number of hydrogen-bond donors (Lipinski definition) is 4. The second-order valence-corrected chi connectivity index (χ2v) is 11.2. The third-order valence-electron chi connectivity index (χ3n) is 7.46. The lowest BCUT2D eigenvalue weighted by Gasteiger charge is -2.19. The van der Waals surface area contributed by atoms with Gasteiger partial charge in [0, 0.05) is 31.9 Å². The highest BCUT2D eigenvalue weighted by molar-refractivity contribution is 5.87. The molecule has 226 valence electrons. The molecular formula is C32H61N5O2. The number of nitrogens with one attached hydrogen (secondary N) is 4. The van der Waals surface area contributed by atoms with Crippen LogP contribution in [0.25, 0.3) is 0 Å². The molecule has 0 fully saturated rings. The number of aromatic amines is 1. The van der Waals surface area contributed by atoms with Gasteiger partial charge in [-0.05, 0) is 19.3 Å². The molecule has 39 heavy (non-hydrogen) atoms. The monoisotopic (exact) mass is 547 g/mol. The van der Waals surface area contributed by atoms with Gasteiger partial charge in [0.25, 0.3) is 0 Å². The van der Waals surface area contributed by atoms with Crippen LogP contribution in [0.5, 0.6) is 0 Å². The molecule has 0 saturated carbocycles. The summed E-state index contributed by atoms with van der Waals surface area (Å²) in [4.78, 5) is 32.6. The smallest absolute Gasteiger partial charge is 0.242 e. The van der Waals surface area contributed by atoms with Gasteiger partial charge in [-0.15, -0.1) is 0 Å². The molecule has 0 aliphatic carbocycles. The minimum absolute atomic E-state index is 0.0277. The van der Waals surface area contributed by atoms with Crippen LogP contribution in [0.3, 0.4) is 0 Å². The number of nitrogens with zero attached hydrogens (tertiary/aromatic N) is 1. The number of rotatable bonds is 28. The van der Waals surface area contributed by atoms with Crippen LogP contribution < -0.4 is 16.0 Å². The molecule has 0 aliphatic rings. The molecule has 4 N–H and O–H groups in total. The second kappa shape index (κ2) is 26.2. The Labute approximate surface area is 239 Å². The molecule has 1 heterocycles. The van der Waals surface area contributed by atoms with Gasteiger partial charge in [0.1, 0.15) is 6.04 Å². The van der Waals surface area contributed by atoms with E-state index < -0.39 is 6.04 Å². The number of imidazole rings is 1. The first-order valence-electron chi connectivity index (χ1n) is 16.5. The van der Waals surface area contributed by atoms with Crippen LogP contribution in [0.15, 0.2) is 12.4 Å². The summed E-state index contributed by atoms with van der Waals surface area (Å²) in [5, 5.41) is 9.22. The van der Waals surface area contributed by atoms with Crippen molar-refractivity contribution in [3.63, 3.8) is 0 Å². The Balaban J connectivity index is 2.16. The Morgan fingerprint density at radius 1 is 0.718 bits per heavy atom. The molecule has 1 rings (SSSR count). The minimum atomic E-state index is -0.522. The molecule has 0 spiro atoms. The van der Waals surface area contributed by atoms with Gasteiger partial charge in [-0.25, -0.2) is 4.98 Å². The summed E-state index contributed by atoms with van der Waals surface area (Å²) in [5.74, 6) is 0.567. The van der Waals surface area contributed by atoms with Crippen molar-refractivity contribution in [2.24, 2.45) is 0 Å². The van der Waals surface area contributed by atoms with Crippen LogP contribution in [0, 0.1) is 0 Å². The molecule has 0 radical (unpaired) electrons. The number of unbranched alkanes of at least 4 members (excludes halogenated alkanes) is 18. The quantitative estimate of drug-likeness (QED) is 0.0798. The summed E-state index contributed by atoms with van der Waals surface area (Å²) in [6.07, 6.45) is 29.8. The van der Waals surface area contributed by atoms with E-state index in [2.05, 4.69) is 39.8 Å². The highest BCUT2D eigenvalue weighted by Crippen LogP contribution is 2.13. The fourth-order valence-corrected chi connectivity index (χ4v) is 4.95. The van der Waals surface area contributed by atoms with E-state index >= 15 is 0 Å². The average molecular weight is 548 g/mol. The van der Waals surface area contributed by atoms with Gasteiger partial charge in [-0.2, -0.15) is 0 Å². The number of carbonyl (C=O) groups excluding carboxylic acids is 2. The van der Waals surface area contributed by atoms with Crippen LogP contribution in [0.1, 0.15) is 155 Å². The van der Waals surface area contributed by atoms with Gasteiger partial charge >= 0.3 is 0 Å². The predicted molar refractivity (Wildman–Crippen MR) is 165 cm³/mol. The molecule has 0 aliphatic heterocycles. The second-order valence-electron chi connectivity index (χ2n) is 11.2. The molecule has 1 aromatic rings. The lowest BCUT2D eigenvalue weighted by Crippen LogP contribution is -2.47. The van der Waals surface area contributed by atoms with E-state index in [1.54, 1.807) is 12.4 Å². The van der Waals surface area contributed by atoms with E-state index in [1.807, 2.05) is 0 Å². The maximum absolute atomic E-state index is 12.9. The predicted octanol–water partition coefficient (Wildman–Crippen LogP) is 8.04. The Bertz CT molecular complexity index is 680. The van der Waals surface area contributed by atoms with Crippen molar-refractivity contribution in [2.45, 2.75) is 161 Å². The molecule has 1 aromatic heterocycles. The highest BCUT2D eigenvalue weighted by atomic mass is 16.2. The lowest BCUT2D eigenvalue weighted by molar-refractivity contribution is -0.129. The summed E-state index contributed by atoms with van der Waals surface area (Å²) in [7, 11) is 0. The van der Waals surface area contributed by atoms with Gasteiger partial charge in [-0.1, -0.05) is 129 Å². The first-order valence-corrected chi connectivity index (χ1v) is 16.5. The number of hydrogen-bond acceptors (Lipinski definition) is 4. The van der Waals surface area contributed by atoms with Crippen molar-refractivity contribution in [1.29, 1.82) is 0 Å². The van der Waals surface area contributed by atoms with Crippen LogP contribution in [0.4, 0.5) is 5.95 Å². The molecule has 7 nitrogen and oxygen atoms in total. The third-order valence-corrected chi connectivity index (χ3v) is 7.46. The molecule has 7 heteroatoms. The average Bonchev–Trinajstić information content (AvgIpc) is 3.45. The number of amides is 2. The SMILES string of the molecule is CCCCCCCCCCCCCCCCNC(=O)[C@H](CCNc1ncc[nH]1)NC(=O)CCCCCCCC. The first kappa shape index (κ1) is 35.0. The molecular weight excluding hydrogens is 486 g/mol. The zero-order chi connectivity index (χ0) is 28.2. The molecule has 0 saturated heterocycles. The maximum atomic E-state index is 12.9. The van der Waals surface area contributed by atoms with Crippen molar-refractivity contribution in [3.8, 4) is 0 Å². The summed E-state index contributed by atoms with van der Waals surface area (Å²) in [6, 6.07) is -0.522. The van der Waals surface area contributed by atoms with Crippen molar-refractivity contribution < 1.29 is 9.59 Å². The van der Waals surface area contributed by atoms with Gasteiger partial charge in [-0.3, -0.25) is 9.59 Å². The molecule has 0 unspecified atom stereocenters. The van der Waals surface area contributed by atoms with Gasteiger partial charge in [0.05, 0.1) is 0 Å². The number of anilines is 1. The largest absolute Gasteiger partial charge is 0.356 e. The van der Waals surface area contributed by atoms with Crippen LogP contribution >= 0.6 is 0 Å². The molecule has 0 bridgehead atoms. The van der Waals surface area contributed by atoms with E-state index in [4.69, 9.17) is 0 Å².